The third kappa shape index (κ3) is 4.14. The van der Waals surface area contributed by atoms with Gasteiger partial charge in [0.2, 0.25) is 0 Å². The van der Waals surface area contributed by atoms with Crippen LogP contribution in [0, 0.1) is 0 Å². The molecular weight excluding hydrogens is 346 g/mol. The number of guanidine groups is 1. The van der Waals surface area contributed by atoms with E-state index in [-0.39, 0.29) is 0 Å². The Hall–Kier alpha value is -2.21. The molecular formula is C16H18BrN3O2. The van der Waals surface area contributed by atoms with Crippen molar-refractivity contribution in [1.29, 1.82) is 0 Å². The third-order valence-electron chi connectivity index (χ3n) is 3.03. The fourth-order valence-electron chi connectivity index (χ4n) is 1.90. The van der Waals surface area contributed by atoms with E-state index in [2.05, 4.69) is 26.2 Å². The SMILES string of the molecule is COc1ccc(NC(N)=NCc2ccccc2Br)cc1OC. The van der Waals surface area contributed by atoms with Crippen LogP contribution in [0.3, 0.4) is 0 Å². The molecule has 0 amide bonds. The molecule has 0 saturated carbocycles. The molecule has 2 aromatic carbocycles. The second-order valence-corrected chi connectivity index (χ2v) is 5.34. The number of hydrogen-bond acceptors (Lipinski definition) is 3. The molecule has 0 radical (unpaired) electrons. The Morgan fingerprint density at radius 1 is 1.14 bits per heavy atom. The summed E-state index contributed by atoms with van der Waals surface area (Å²) in [5, 5.41) is 3.03. The maximum Gasteiger partial charge on any atom is 0.193 e. The summed E-state index contributed by atoms with van der Waals surface area (Å²) in [5.41, 5.74) is 7.77. The average Bonchev–Trinajstić information content (AvgIpc) is 2.54. The molecule has 22 heavy (non-hydrogen) atoms. The van der Waals surface area contributed by atoms with E-state index in [1.807, 2.05) is 36.4 Å². The van der Waals surface area contributed by atoms with Crippen LogP contribution in [0.15, 0.2) is 51.9 Å². The number of anilines is 1. The number of halogens is 1. The summed E-state index contributed by atoms with van der Waals surface area (Å²) in [6.07, 6.45) is 0. The van der Waals surface area contributed by atoms with Gasteiger partial charge in [-0.25, -0.2) is 4.99 Å². The van der Waals surface area contributed by atoms with Gasteiger partial charge in [-0.05, 0) is 23.8 Å². The minimum atomic E-state index is 0.336. The zero-order chi connectivity index (χ0) is 15.9. The summed E-state index contributed by atoms with van der Waals surface area (Å²) in [6, 6.07) is 13.4. The smallest absolute Gasteiger partial charge is 0.193 e. The van der Waals surface area contributed by atoms with E-state index in [1.54, 1.807) is 20.3 Å². The van der Waals surface area contributed by atoms with Crippen LogP contribution in [-0.2, 0) is 6.54 Å². The molecule has 2 aromatic rings. The van der Waals surface area contributed by atoms with E-state index in [4.69, 9.17) is 15.2 Å². The van der Waals surface area contributed by atoms with Crippen molar-refractivity contribution in [2.45, 2.75) is 6.54 Å². The molecule has 0 saturated heterocycles. The minimum absolute atomic E-state index is 0.336. The lowest BCUT2D eigenvalue weighted by Gasteiger charge is -2.11. The zero-order valence-corrected chi connectivity index (χ0v) is 14.1. The number of nitrogens with zero attached hydrogens (tertiary/aromatic N) is 1. The Morgan fingerprint density at radius 2 is 1.86 bits per heavy atom. The van der Waals surface area contributed by atoms with Gasteiger partial charge < -0.3 is 20.5 Å². The molecule has 0 unspecified atom stereocenters. The molecule has 116 valence electrons. The van der Waals surface area contributed by atoms with Crippen molar-refractivity contribution in [3.05, 3.63) is 52.5 Å². The first-order valence-electron chi connectivity index (χ1n) is 6.66. The first kappa shape index (κ1) is 16.2. The number of ether oxygens (including phenoxy) is 2. The number of nitrogens with one attached hydrogen (secondary N) is 1. The van der Waals surface area contributed by atoms with Crippen molar-refractivity contribution < 1.29 is 9.47 Å². The number of methoxy groups -OCH3 is 2. The molecule has 0 atom stereocenters. The van der Waals surface area contributed by atoms with Crippen molar-refractivity contribution >= 4 is 27.6 Å². The first-order chi connectivity index (χ1) is 10.6. The molecule has 0 fully saturated rings. The third-order valence-corrected chi connectivity index (χ3v) is 3.81. The second-order valence-electron chi connectivity index (χ2n) is 4.49. The molecule has 5 nitrogen and oxygen atoms in total. The van der Waals surface area contributed by atoms with E-state index in [9.17, 15) is 0 Å². The molecule has 0 aliphatic rings. The summed E-state index contributed by atoms with van der Waals surface area (Å²) in [7, 11) is 3.19. The molecule has 0 aliphatic heterocycles. The predicted molar refractivity (Wildman–Crippen MR) is 92.6 cm³/mol. The fourth-order valence-corrected chi connectivity index (χ4v) is 2.31. The highest BCUT2D eigenvalue weighted by Crippen LogP contribution is 2.29. The lowest BCUT2D eigenvalue weighted by molar-refractivity contribution is 0.355. The largest absolute Gasteiger partial charge is 0.493 e. The van der Waals surface area contributed by atoms with Crippen LogP contribution >= 0.6 is 15.9 Å². The van der Waals surface area contributed by atoms with Gasteiger partial charge in [-0.1, -0.05) is 34.1 Å². The highest BCUT2D eigenvalue weighted by Gasteiger charge is 2.05. The van der Waals surface area contributed by atoms with Gasteiger partial charge in [0.25, 0.3) is 0 Å². The minimum Gasteiger partial charge on any atom is -0.493 e. The molecule has 0 heterocycles. The summed E-state index contributed by atoms with van der Waals surface area (Å²) in [5.74, 6) is 1.63. The number of nitrogens with two attached hydrogens (primary N) is 1. The topological polar surface area (TPSA) is 68.9 Å². The maximum absolute atomic E-state index is 5.92. The second kappa shape index (κ2) is 7.70. The Labute approximate surface area is 138 Å². The van der Waals surface area contributed by atoms with Crippen molar-refractivity contribution in [1.82, 2.24) is 0 Å². The Balaban J connectivity index is 2.07. The van der Waals surface area contributed by atoms with Gasteiger partial charge >= 0.3 is 0 Å². The number of rotatable bonds is 5. The van der Waals surface area contributed by atoms with Crippen molar-refractivity contribution in [3.8, 4) is 11.5 Å². The van der Waals surface area contributed by atoms with E-state index in [1.165, 1.54) is 0 Å². The van der Waals surface area contributed by atoms with E-state index < -0.39 is 0 Å². The Kier molecular flexibility index (Phi) is 5.66. The fraction of sp³-hybridized carbons (Fsp3) is 0.188. The lowest BCUT2D eigenvalue weighted by atomic mass is 10.2. The molecule has 0 aliphatic carbocycles. The highest BCUT2D eigenvalue weighted by atomic mass is 79.9. The van der Waals surface area contributed by atoms with E-state index in [0.717, 1.165) is 15.7 Å². The number of aliphatic imine (C=N–C) groups is 1. The zero-order valence-electron chi connectivity index (χ0n) is 12.5. The average molecular weight is 364 g/mol. The summed E-state index contributed by atoms with van der Waals surface area (Å²) in [4.78, 5) is 4.33. The maximum atomic E-state index is 5.92. The van der Waals surface area contributed by atoms with Gasteiger partial charge in [0, 0.05) is 16.2 Å². The van der Waals surface area contributed by atoms with E-state index >= 15 is 0 Å². The normalized spacial score (nSPS) is 11.1. The van der Waals surface area contributed by atoms with Crippen LogP contribution < -0.4 is 20.5 Å². The van der Waals surface area contributed by atoms with Crippen LogP contribution in [0.25, 0.3) is 0 Å². The number of hydrogen-bond donors (Lipinski definition) is 2. The van der Waals surface area contributed by atoms with Crippen LogP contribution in [-0.4, -0.2) is 20.2 Å². The summed E-state index contributed by atoms with van der Waals surface area (Å²) in [6.45, 7) is 0.494. The number of benzene rings is 2. The van der Waals surface area contributed by atoms with Crippen LogP contribution in [0.5, 0.6) is 11.5 Å². The van der Waals surface area contributed by atoms with Crippen molar-refractivity contribution in [2.24, 2.45) is 10.7 Å². The predicted octanol–water partition coefficient (Wildman–Crippen LogP) is 3.39. The van der Waals surface area contributed by atoms with Gasteiger partial charge in [-0.15, -0.1) is 0 Å². The molecule has 6 heteroatoms. The van der Waals surface area contributed by atoms with Crippen molar-refractivity contribution in [2.75, 3.05) is 19.5 Å². The molecule has 0 spiro atoms. The van der Waals surface area contributed by atoms with Gasteiger partial charge in [0.05, 0.1) is 20.8 Å². The van der Waals surface area contributed by atoms with Crippen LogP contribution in [0.4, 0.5) is 5.69 Å². The molecule has 0 bridgehead atoms. The summed E-state index contributed by atoms with van der Waals surface area (Å²) >= 11 is 3.49. The van der Waals surface area contributed by atoms with Crippen molar-refractivity contribution in [3.63, 3.8) is 0 Å². The molecule has 0 aromatic heterocycles. The van der Waals surface area contributed by atoms with Crippen LogP contribution in [0.2, 0.25) is 0 Å². The van der Waals surface area contributed by atoms with Gasteiger partial charge in [0.15, 0.2) is 17.5 Å². The van der Waals surface area contributed by atoms with Gasteiger partial charge in [-0.3, -0.25) is 0 Å². The highest BCUT2D eigenvalue weighted by molar-refractivity contribution is 9.10. The van der Waals surface area contributed by atoms with E-state index in [0.29, 0.717) is 24.0 Å². The quantitative estimate of drug-likeness (QED) is 0.630. The monoisotopic (exact) mass is 363 g/mol. The Bertz CT molecular complexity index is 674. The molecule has 3 N–H and O–H groups in total. The van der Waals surface area contributed by atoms with Crippen LogP contribution in [0.1, 0.15) is 5.56 Å². The van der Waals surface area contributed by atoms with Gasteiger partial charge in [-0.2, -0.15) is 0 Å². The van der Waals surface area contributed by atoms with Gasteiger partial charge in [0.1, 0.15) is 0 Å². The molecule has 2 rings (SSSR count). The lowest BCUT2D eigenvalue weighted by Crippen LogP contribution is -2.22. The summed E-state index contributed by atoms with van der Waals surface area (Å²) < 4.78 is 11.5. The first-order valence-corrected chi connectivity index (χ1v) is 7.45. The standard InChI is InChI=1S/C16H18BrN3O2/c1-21-14-8-7-12(9-15(14)22-2)20-16(18)19-10-11-5-3-4-6-13(11)17/h3-9H,10H2,1-2H3,(H3,18,19,20). The Morgan fingerprint density at radius 3 is 2.55 bits per heavy atom.